The van der Waals surface area contributed by atoms with E-state index in [2.05, 4.69) is 4.90 Å². The number of carbonyl (C=O) groups is 1. The molecule has 2 unspecified atom stereocenters. The summed E-state index contributed by atoms with van der Waals surface area (Å²) in [5.74, 6) is 0.298. The molecule has 0 aromatic rings. The molecule has 0 radical (unpaired) electrons. The standard InChI is InChI=1S/C12H23N3O/c1-10(12(16)14-6-2-3-7-14)15-8-4-5-11(13)9-15/h10-11H,2-9,13H2,1H3. The van der Waals surface area contributed by atoms with Gasteiger partial charge in [-0.3, -0.25) is 9.69 Å². The fourth-order valence-corrected chi connectivity index (χ4v) is 2.75. The van der Waals surface area contributed by atoms with Crippen molar-refractivity contribution in [2.24, 2.45) is 5.73 Å². The Morgan fingerprint density at radius 2 is 1.94 bits per heavy atom. The van der Waals surface area contributed by atoms with Crippen molar-refractivity contribution in [2.75, 3.05) is 26.2 Å². The first kappa shape index (κ1) is 11.9. The number of amides is 1. The summed E-state index contributed by atoms with van der Waals surface area (Å²) in [6, 6.07) is 0.270. The van der Waals surface area contributed by atoms with Crippen LogP contribution in [0, 0.1) is 0 Å². The molecule has 2 heterocycles. The molecular formula is C12H23N3O. The quantitative estimate of drug-likeness (QED) is 0.741. The van der Waals surface area contributed by atoms with Crippen LogP contribution in [-0.4, -0.2) is 54.0 Å². The summed E-state index contributed by atoms with van der Waals surface area (Å²) in [5, 5.41) is 0. The Bertz CT molecular complexity index is 251. The van der Waals surface area contributed by atoms with E-state index in [1.165, 1.54) is 0 Å². The molecule has 2 fully saturated rings. The van der Waals surface area contributed by atoms with Crippen molar-refractivity contribution in [3.05, 3.63) is 0 Å². The summed E-state index contributed by atoms with van der Waals surface area (Å²) in [5.41, 5.74) is 5.95. The number of nitrogens with two attached hydrogens (primary N) is 1. The second kappa shape index (κ2) is 5.15. The van der Waals surface area contributed by atoms with Crippen LogP contribution in [0.2, 0.25) is 0 Å². The van der Waals surface area contributed by atoms with Crippen molar-refractivity contribution >= 4 is 5.91 Å². The maximum atomic E-state index is 12.2. The van der Waals surface area contributed by atoms with E-state index in [0.29, 0.717) is 5.91 Å². The summed E-state index contributed by atoms with van der Waals surface area (Å²) in [6.07, 6.45) is 4.55. The van der Waals surface area contributed by atoms with Gasteiger partial charge in [-0.15, -0.1) is 0 Å². The molecule has 4 nitrogen and oxygen atoms in total. The van der Waals surface area contributed by atoms with Gasteiger partial charge in [0.15, 0.2) is 0 Å². The van der Waals surface area contributed by atoms with Crippen LogP contribution in [0.25, 0.3) is 0 Å². The number of rotatable bonds is 2. The molecule has 2 rings (SSSR count). The average Bonchev–Trinajstić information content (AvgIpc) is 2.80. The smallest absolute Gasteiger partial charge is 0.239 e. The number of piperidine rings is 1. The maximum Gasteiger partial charge on any atom is 0.239 e. The highest BCUT2D eigenvalue weighted by Crippen LogP contribution is 2.16. The summed E-state index contributed by atoms with van der Waals surface area (Å²) < 4.78 is 0. The van der Waals surface area contributed by atoms with E-state index in [1.807, 2.05) is 11.8 Å². The lowest BCUT2D eigenvalue weighted by molar-refractivity contribution is -0.135. The van der Waals surface area contributed by atoms with Gasteiger partial charge < -0.3 is 10.6 Å². The van der Waals surface area contributed by atoms with Gasteiger partial charge in [0.05, 0.1) is 6.04 Å². The molecule has 0 aliphatic carbocycles. The molecule has 2 atom stereocenters. The predicted molar refractivity (Wildman–Crippen MR) is 64.1 cm³/mol. The fourth-order valence-electron chi connectivity index (χ4n) is 2.75. The monoisotopic (exact) mass is 225 g/mol. The predicted octanol–water partition coefficient (Wildman–Crippen LogP) is 0.420. The Kier molecular flexibility index (Phi) is 3.82. The van der Waals surface area contributed by atoms with E-state index < -0.39 is 0 Å². The Balaban J connectivity index is 1.89. The Hall–Kier alpha value is -0.610. The van der Waals surface area contributed by atoms with E-state index in [9.17, 15) is 4.79 Å². The van der Waals surface area contributed by atoms with Gasteiger partial charge in [-0.25, -0.2) is 0 Å². The van der Waals surface area contributed by atoms with Crippen LogP contribution in [-0.2, 0) is 4.79 Å². The maximum absolute atomic E-state index is 12.2. The molecule has 0 saturated carbocycles. The summed E-state index contributed by atoms with van der Waals surface area (Å²) >= 11 is 0. The van der Waals surface area contributed by atoms with Crippen molar-refractivity contribution in [2.45, 2.75) is 44.7 Å². The third-order valence-electron chi connectivity index (χ3n) is 3.81. The Morgan fingerprint density at radius 3 is 2.56 bits per heavy atom. The van der Waals surface area contributed by atoms with Crippen LogP contribution in [0.15, 0.2) is 0 Å². The summed E-state index contributed by atoms with van der Waals surface area (Å²) in [6.45, 7) is 5.82. The van der Waals surface area contributed by atoms with E-state index >= 15 is 0 Å². The minimum Gasteiger partial charge on any atom is -0.341 e. The van der Waals surface area contributed by atoms with Crippen molar-refractivity contribution < 1.29 is 4.79 Å². The SMILES string of the molecule is CC(C(=O)N1CCCC1)N1CCCC(N)C1. The molecule has 2 aliphatic rings. The summed E-state index contributed by atoms with van der Waals surface area (Å²) in [4.78, 5) is 16.4. The van der Waals surface area contributed by atoms with Gasteiger partial charge in [0.1, 0.15) is 0 Å². The van der Waals surface area contributed by atoms with Crippen molar-refractivity contribution in [1.29, 1.82) is 0 Å². The lowest BCUT2D eigenvalue weighted by atomic mass is 10.0. The van der Waals surface area contributed by atoms with Crippen LogP contribution >= 0.6 is 0 Å². The largest absolute Gasteiger partial charge is 0.341 e. The first-order chi connectivity index (χ1) is 7.68. The van der Waals surface area contributed by atoms with Gasteiger partial charge in [-0.05, 0) is 39.2 Å². The average molecular weight is 225 g/mol. The number of nitrogens with zero attached hydrogens (tertiary/aromatic N) is 2. The zero-order valence-electron chi connectivity index (χ0n) is 10.2. The lowest BCUT2D eigenvalue weighted by Crippen LogP contribution is -2.52. The molecular weight excluding hydrogens is 202 g/mol. The molecule has 0 aromatic carbocycles. The van der Waals surface area contributed by atoms with Crippen molar-refractivity contribution in [3.63, 3.8) is 0 Å². The molecule has 0 aromatic heterocycles. The van der Waals surface area contributed by atoms with Gasteiger partial charge in [0.25, 0.3) is 0 Å². The molecule has 4 heteroatoms. The van der Waals surface area contributed by atoms with Gasteiger partial charge in [0.2, 0.25) is 5.91 Å². The topological polar surface area (TPSA) is 49.6 Å². The lowest BCUT2D eigenvalue weighted by Gasteiger charge is -2.36. The highest BCUT2D eigenvalue weighted by Gasteiger charge is 2.29. The normalized spacial score (nSPS) is 29.4. The Morgan fingerprint density at radius 1 is 1.25 bits per heavy atom. The zero-order valence-corrected chi connectivity index (χ0v) is 10.2. The van der Waals surface area contributed by atoms with Crippen LogP contribution in [0.1, 0.15) is 32.6 Å². The Labute approximate surface area is 97.8 Å². The molecule has 2 saturated heterocycles. The van der Waals surface area contributed by atoms with Crippen molar-refractivity contribution in [3.8, 4) is 0 Å². The molecule has 2 aliphatic heterocycles. The van der Waals surface area contributed by atoms with E-state index in [0.717, 1.165) is 51.9 Å². The van der Waals surface area contributed by atoms with Crippen LogP contribution in [0.4, 0.5) is 0 Å². The molecule has 92 valence electrons. The fraction of sp³-hybridized carbons (Fsp3) is 0.917. The number of carbonyl (C=O) groups excluding carboxylic acids is 1. The van der Waals surface area contributed by atoms with E-state index in [4.69, 9.17) is 5.73 Å². The molecule has 0 bridgehead atoms. The second-order valence-electron chi connectivity index (χ2n) is 5.11. The number of hydrogen-bond donors (Lipinski definition) is 1. The zero-order chi connectivity index (χ0) is 11.5. The first-order valence-corrected chi connectivity index (χ1v) is 6.47. The number of hydrogen-bond acceptors (Lipinski definition) is 3. The third-order valence-corrected chi connectivity index (χ3v) is 3.81. The van der Waals surface area contributed by atoms with Crippen LogP contribution in [0.3, 0.4) is 0 Å². The van der Waals surface area contributed by atoms with Gasteiger partial charge >= 0.3 is 0 Å². The van der Waals surface area contributed by atoms with E-state index in [1.54, 1.807) is 0 Å². The van der Waals surface area contributed by atoms with E-state index in [-0.39, 0.29) is 12.1 Å². The van der Waals surface area contributed by atoms with Crippen molar-refractivity contribution in [1.82, 2.24) is 9.80 Å². The molecule has 2 N–H and O–H groups in total. The van der Waals surface area contributed by atoms with Gasteiger partial charge in [-0.2, -0.15) is 0 Å². The number of likely N-dealkylation sites (tertiary alicyclic amines) is 2. The second-order valence-corrected chi connectivity index (χ2v) is 5.11. The molecule has 16 heavy (non-hydrogen) atoms. The van der Waals surface area contributed by atoms with Crippen LogP contribution < -0.4 is 5.73 Å². The van der Waals surface area contributed by atoms with Gasteiger partial charge in [0, 0.05) is 25.7 Å². The van der Waals surface area contributed by atoms with Gasteiger partial charge in [-0.1, -0.05) is 0 Å². The highest BCUT2D eigenvalue weighted by atomic mass is 16.2. The van der Waals surface area contributed by atoms with Crippen LogP contribution in [0.5, 0.6) is 0 Å². The minimum absolute atomic E-state index is 0.0180. The third kappa shape index (κ3) is 2.55. The first-order valence-electron chi connectivity index (χ1n) is 6.47. The highest BCUT2D eigenvalue weighted by molar-refractivity contribution is 5.81. The molecule has 1 amide bonds. The summed E-state index contributed by atoms with van der Waals surface area (Å²) in [7, 11) is 0. The molecule has 0 spiro atoms. The minimum atomic E-state index is 0.0180.